The molecule has 2 aliphatic rings. The van der Waals surface area contributed by atoms with Gasteiger partial charge in [-0.05, 0) is 31.3 Å². The average molecular weight is 180 g/mol. The number of rotatable bonds is 0. The summed E-state index contributed by atoms with van der Waals surface area (Å²) in [7, 11) is 0. The second-order valence-corrected chi connectivity index (χ2v) is 3.67. The molecule has 70 valence electrons. The van der Waals surface area contributed by atoms with Gasteiger partial charge in [0, 0.05) is 18.4 Å². The van der Waals surface area contributed by atoms with Crippen LogP contribution in [0.15, 0.2) is 23.0 Å². The van der Waals surface area contributed by atoms with Crippen molar-refractivity contribution < 1.29 is 9.18 Å². The van der Waals surface area contributed by atoms with E-state index in [1.807, 2.05) is 6.08 Å². The van der Waals surface area contributed by atoms with Gasteiger partial charge >= 0.3 is 0 Å². The maximum Gasteiger partial charge on any atom is 0.162 e. The minimum absolute atomic E-state index is 0.0484. The second kappa shape index (κ2) is 3.44. The van der Waals surface area contributed by atoms with E-state index in [1.165, 1.54) is 0 Å². The maximum absolute atomic E-state index is 13.4. The summed E-state index contributed by atoms with van der Waals surface area (Å²) in [6, 6.07) is 0. The highest BCUT2D eigenvalue weighted by atomic mass is 19.1. The monoisotopic (exact) mass is 180 g/mol. The molecule has 2 aliphatic carbocycles. The van der Waals surface area contributed by atoms with Crippen LogP contribution in [0.3, 0.4) is 0 Å². The largest absolute Gasteiger partial charge is 0.294 e. The van der Waals surface area contributed by atoms with E-state index in [-0.39, 0.29) is 11.6 Å². The molecule has 0 atom stereocenters. The number of Topliss-reactive ketones (excluding diaryl/α,β-unsaturated/α-hetero) is 1. The van der Waals surface area contributed by atoms with Gasteiger partial charge in [0.2, 0.25) is 0 Å². The number of carbonyl (C=O) groups is 1. The van der Waals surface area contributed by atoms with E-state index < -0.39 is 0 Å². The molecule has 0 radical (unpaired) electrons. The summed E-state index contributed by atoms with van der Waals surface area (Å²) in [5, 5.41) is 0. The van der Waals surface area contributed by atoms with E-state index in [0.717, 1.165) is 19.3 Å². The lowest BCUT2D eigenvalue weighted by molar-refractivity contribution is -0.115. The normalized spacial score (nSPS) is 23.8. The van der Waals surface area contributed by atoms with Gasteiger partial charge < -0.3 is 0 Å². The summed E-state index contributed by atoms with van der Waals surface area (Å²) in [5.74, 6) is 0.0927. The molecular formula is C11H13FO. The van der Waals surface area contributed by atoms with Crippen LogP contribution < -0.4 is 0 Å². The van der Waals surface area contributed by atoms with Gasteiger partial charge in [-0.2, -0.15) is 0 Å². The van der Waals surface area contributed by atoms with Gasteiger partial charge in [-0.15, -0.1) is 0 Å². The Morgan fingerprint density at radius 2 is 1.92 bits per heavy atom. The van der Waals surface area contributed by atoms with Crippen LogP contribution in [-0.2, 0) is 4.79 Å². The van der Waals surface area contributed by atoms with Gasteiger partial charge in [0.15, 0.2) is 5.78 Å². The van der Waals surface area contributed by atoms with Crippen molar-refractivity contribution in [1.29, 1.82) is 0 Å². The van der Waals surface area contributed by atoms with Crippen molar-refractivity contribution in [3.8, 4) is 0 Å². The van der Waals surface area contributed by atoms with Crippen LogP contribution >= 0.6 is 0 Å². The van der Waals surface area contributed by atoms with Gasteiger partial charge in [0.1, 0.15) is 5.83 Å². The molecule has 0 unspecified atom stereocenters. The Morgan fingerprint density at radius 3 is 2.77 bits per heavy atom. The third kappa shape index (κ3) is 1.58. The zero-order valence-electron chi connectivity index (χ0n) is 7.61. The minimum Gasteiger partial charge on any atom is -0.294 e. The molecule has 0 spiro atoms. The molecule has 1 saturated carbocycles. The first-order chi connectivity index (χ1) is 6.29. The van der Waals surface area contributed by atoms with E-state index in [9.17, 15) is 9.18 Å². The molecule has 0 heterocycles. The third-order valence-electron chi connectivity index (χ3n) is 2.75. The first kappa shape index (κ1) is 8.67. The SMILES string of the molecule is O=C1CCCCC2=C(F)CCC=C12. The number of halogens is 1. The quantitative estimate of drug-likeness (QED) is 0.560. The first-order valence-corrected chi connectivity index (χ1v) is 4.90. The van der Waals surface area contributed by atoms with Crippen LogP contribution in [0.4, 0.5) is 4.39 Å². The molecule has 1 nitrogen and oxygen atoms in total. The van der Waals surface area contributed by atoms with E-state index in [4.69, 9.17) is 0 Å². The van der Waals surface area contributed by atoms with Gasteiger partial charge in [-0.25, -0.2) is 4.39 Å². The van der Waals surface area contributed by atoms with Crippen molar-refractivity contribution in [3.63, 3.8) is 0 Å². The molecule has 0 aromatic carbocycles. The van der Waals surface area contributed by atoms with Crippen LogP contribution in [-0.4, -0.2) is 5.78 Å². The Morgan fingerprint density at radius 1 is 1.15 bits per heavy atom. The van der Waals surface area contributed by atoms with Crippen LogP contribution in [0.5, 0.6) is 0 Å². The van der Waals surface area contributed by atoms with Crippen molar-refractivity contribution in [3.05, 3.63) is 23.0 Å². The molecule has 0 aromatic rings. The standard InChI is InChI=1S/C11H13FO/c12-10-6-3-5-9-8(10)4-1-2-7-11(9)13/h5H,1-4,6-7H2. The predicted octanol–water partition coefficient (Wildman–Crippen LogP) is 3.07. The summed E-state index contributed by atoms with van der Waals surface area (Å²) < 4.78 is 13.4. The van der Waals surface area contributed by atoms with Crippen molar-refractivity contribution >= 4 is 5.78 Å². The first-order valence-electron chi connectivity index (χ1n) is 4.90. The highest BCUT2D eigenvalue weighted by Crippen LogP contribution is 2.33. The van der Waals surface area contributed by atoms with Crippen molar-refractivity contribution in [2.45, 2.75) is 38.5 Å². The number of hydrogen-bond acceptors (Lipinski definition) is 1. The Labute approximate surface area is 77.3 Å². The molecule has 1 fully saturated rings. The highest BCUT2D eigenvalue weighted by molar-refractivity contribution is 6.00. The lowest BCUT2D eigenvalue weighted by Crippen LogP contribution is -2.06. The predicted molar refractivity (Wildman–Crippen MR) is 48.9 cm³/mol. The van der Waals surface area contributed by atoms with Crippen LogP contribution in [0, 0.1) is 0 Å². The number of fused-ring (bicyclic) bond motifs is 1. The van der Waals surface area contributed by atoms with Crippen LogP contribution in [0.25, 0.3) is 0 Å². The van der Waals surface area contributed by atoms with E-state index in [1.54, 1.807) is 0 Å². The van der Waals surface area contributed by atoms with Crippen LogP contribution in [0.2, 0.25) is 0 Å². The fourth-order valence-electron chi connectivity index (χ4n) is 2.04. The van der Waals surface area contributed by atoms with Gasteiger partial charge in [-0.1, -0.05) is 6.08 Å². The molecule has 2 rings (SSSR count). The molecule has 13 heavy (non-hydrogen) atoms. The Kier molecular flexibility index (Phi) is 2.30. The van der Waals surface area contributed by atoms with Crippen molar-refractivity contribution in [1.82, 2.24) is 0 Å². The molecule has 2 heteroatoms. The fourth-order valence-corrected chi connectivity index (χ4v) is 2.04. The third-order valence-corrected chi connectivity index (χ3v) is 2.75. The lowest BCUT2D eigenvalue weighted by Gasteiger charge is -2.13. The molecule has 0 bridgehead atoms. The zero-order chi connectivity index (χ0) is 9.26. The number of allylic oxidation sites excluding steroid dienone is 4. The molecule has 0 saturated heterocycles. The molecular weight excluding hydrogens is 167 g/mol. The van der Waals surface area contributed by atoms with E-state index >= 15 is 0 Å². The van der Waals surface area contributed by atoms with E-state index in [2.05, 4.69) is 0 Å². The summed E-state index contributed by atoms with van der Waals surface area (Å²) in [5.41, 5.74) is 1.38. The fraction of sp³-hybridized carbons (Fsp3) is 0.545. The van der Waals surface area contributed by atoms with Gasteiger partial charge in [0.05, 0.1) is 0 Å². The van der Waals surface area contributed by atoms with Crippen molar-refractivity contribution in [2.24, 2.45) is 0 Å². The minimum atomic E-state index is -0.0484. The Balaban J connectivity index is 2.38. The summed E-state index contributed by atoms with van der Waals surface area (Å²) in [6.07, 6.45) is 6.30. The number of hydrogen-bond donors (Lipinski definition) is 0. The van der Waals surface area contributed by atoms with Gasteiger partial charge in [0.25, 0.3) is 0 Å². The zero-order valence-corrected chi connectivity index (χ0v) is 7.61. The maximum atomic E-state index is 13.4. The lowest BCUT2D eigenvalue weighted by atomic mass is 9.92. The van der Waals surface area contributed by atoms with Gasteiger partial charge in [-0.3, -0.25) is 4.79 Å². The summed E-state index contributed by atoms with van der Waals surface area (Å²) >= 11 is 0. The highest BCUT2D eigenvalue weighted by Gasteiger charge is 2.23. The molecule has 0 N–H and O–H groups in total. The molecule has 0 aliphatic heterocycles. The molecule has 0 aromatic heterocycles. The average Bonchev–Trinajstić information content (AvgIpc) is 2.30. The number of ketones is 1. The summed E-state index contributed by atoms with van der Waals surface area (Å²) in [4.78, 5) is 11.5. The Bertz CT molecular complexity index is 299. The Hall–Kier alpha value is -0.920. The topological polar surface area (TPSA) is 17.1 Å². The second-order valence-electron chi connectivity index (χ2n) is 3.67. The van der Waals surface area contributed by atoms with Crippen molar-refractivity contribution in [2.75, 3.05) is 0 Å². The number of carbonyl (C=O) groups excluding carboxylic acids is 1. The molecule has 0 amide bonds. The van der Waals surface area contributed by atoms with Crippen LogP contribution in [0.1, 0.15) is 38.5 Å². The summed E-state index contributed by atoms with van der Waals surface area (Å²) in [6.45, 7) is 0. The van der Waals surface area contributed by atoms with E-state index in [0.29, 0.717) is 30.4 Å². The smallest absolute Gasteiger partial charge is 0.162 e.